The van der Waals surface area contributed by atoms with Gasteiger partial charge in [-0.25, -0.2) is 4.85 Å². The lowest BCUT2D eigenvalue weighted by atomic mass is 9.90. The van der Waals surface area contributed by atoms with Gasteiger partial charge in [-0.3, -0.25) is 0 Å². The lowest BCUT2D eigenvalue weighted by Gasteiger charge is -2.20. The summed E-state index contributed by atoms with van der Waals surface area (Å²) in [6.07, 6.45) is 5.17. The Kier molecular flexibility index (Phi) is 5.77. The quantitative estimate of drug-likeness (QED) is 0.133. The molecule has 0 atom stereocenters. The topological polar surface area (TPSA) is 21.4 Å². The number of pyridine rings is 1. The van der Waals surface area contributed by atoms with Gasteiger partial charge < -0.3 is 4.42 Å². The van der Waals surface area contributed by atoms with Crippen LogP contribution in [-0.4, -0.2) is 8.07 Å². The molecule has 4 heteroatoms. The largest absolute Gasteiger partial charge is 0.456 e. The third kappa shape index (κ3) is 3.71. The van der Waals surface area contributed by atoms with E-state index < -0.39 is 8.07 Å². The van der Waals surface area contributed by atoms with E-state index in [9.17, 15) is 0 Å². The molecule has 0 saturated heterocycles. The molecule has 0 amide bonds. The van der Waals surface area contributed by atoms with Gasteiger partial charge in [0.2, 0.25) is 11.2 Å². The average molecular weight is 518 g/mol. The second-order valence-electron chi connectivity index (χ2n) is 12.4. The number of nitrogens with zero attached hydrogens (tertiary/aromatic N) is 2. The van der Waals surface area contributed by atoms with Crippen molar-refractivity contribution in [3.8, 4) is 11.3 Å². The second kappa shape index (κ2) is 8.82. The van der Waals surface area contributed by atoms with Crippen molar-refractivity contribution in [1.82, 2.24) is 0 Å². The highest BCUT2D eigenvalue weighted by Crippen LogP contribution is 2.43. The number of benzene rings is 3. The van der Waals surface area contributed by atoms with Crippen LogP contribution in [-0.2, 0) is 7.05 Å². The van der Waals surface area contributed by atoms with E-state index in [-0.39, 0.29) is 0 Å². The van der Waals surface area contributed by atoms with Crippen LogP contribution < -0.4 is 9.75 Å². The highest BCUT2D eigenvalue weighted by atomic mass is 28.3. The van der Waals surface area contributed by atoms with E-state index in [1.807, 2.05) is 13.0 Å². The molecule has 0 radical (unpaired) electrons. The summed E-state index contributed by atoms with van der Waals surface area (Å²) in [6, 6.07) is 16.0. The number of furan rings is 1. The van der Waals surface area contributed by atoms with Gasteiger partial charge in [-0.05, 0) is 73.9 Å². The van der Waals surface area contributed by atoms with Gasteiger partial charge in [0.1, 0.15) is 18.2 Å². The van der Waals surface area contributed by atoms with Crippen LogP contribution in [0.3, 0.4) is 0 Å². The van der Waals surface area contributed by atoms with Crippen molar-refractivity contribution in [3.05, 3.63) is 76.1 Å². The summed E-state index contributed by atoms with van der Waals surface area (Å²) in [4.78, 5) is 3.72. The molecule has 1 saturated carbocycles. The molecule has 1 aliphatic rings. The smallest absolute Gasteiger partial charge is 0.217 e. The van der Waals surface area contributed by atoms with Gasteiger partial charge in [0.25, 0.3) is 0 Å². The van der Waals surface area contributed by atoms with Gasteiger partial charge in [-0.15, -0.1) is 0 Å². The van der Waals surface area contributed by atoms with Crippen molar-refractivity contribution < 1.29 is 8.98 Å². The molecule has 38 heavy (non-hydrogen) atoms. The average Bonchev–Trinajstić information content (AvgIpc) is 3.54. The number of aromatic nitrogens is 1. The summed E-state index contributed by atoms with van der Waals surface area (Å²) in [5.41, 5.74) is 11.0. The predicted molar refractivity (Wildman–Crippen MR) is 162 cm³/mol. The van der Waals surface area contributed by atoms with Crippen LogP contribution in [0.1, 0.15) is 53.9 Å². The number of hydrogen-bond donors (Lipinski definition) is 0. The molecule has 0 unspecified atom stereocenters. The Labute approximate surface area is 226 Å². The summed E-state index contributed by atoms with van der Waals surface area (Å²) in [7, 11) is 0.773. The molecule has 0 spiro atoms. The lowest BCUT2D eigenvalue weighted by molar-refractivity contribution is -0.633. The molecule has 1 aliphatic carbocycles. The number of fused-ring (bicyclic) bond motifs is 4. The molecular weight excluding hydrogens is 480 g/mol. The van der Waals surface area contributed by atoms with Gasteiger partial charge in [-0.1, -0.05) is 55.9 Å². The van der Waals surface area contributed by atoms with Gasteiger partial charge in [0.15, 0.2) is 5.69 Å². The zero-order chi connectivity index (χ0) is 26.9. The lowest BCUT2D eigenvalue weighted by Crippen LogP contribution is -2.39. The molecule has 3 aromatic carbocycles. The Hall–Kier alpha value is -3.42. The van der Waals surface area contributed by atoms with E-state index in [0.717, 1.165) is 27.5 Å². The first-order valence-corrected chi connectivity index (χ1v) is 17.4. The maximum absolute atomic E-state index is 7.59. The van der Waals surface area contributed by atoms with E-state index >= 15 is 0 Å². The summed E-state index contributed by atoms with van der Waals surface area (Å²) in [5.74, 6) is 0.606. The first-order chi connectivity index (χ1) is 18.1. The fourth-order valence-corrected chi connectivity index (χ4v) is 7.71. The van der Waals surface area contributed by atoms with Crippen LogP contribution in [0, 0.1) is 27.3 Å². The van der Waals surface area contributed by atoms with Crippen molar-refractivity contribution in [2.75, 3.05) is 0 Å². The number of rotatable bonds is 3. The molecule has 3 nitrogen and oxygen atoms in total. The van der Waals surface area contributed by atoms with E-state index in [1.165, 1.54) is 69.7 Å². The Morgan fingerprint density at radius 1 is 0.868 bits per heavy atom. The van der Waals surface area contributed by atoms with E-state index in [4.69, 9.17) is 11.0 Å². The van der Waals surface area contributed by atoms with Crippen molar-refractivity contribution in [3.63, 3.8) is 0 Å². The fourth-order valence-electron chi connectivity index (χ4n) is 6.55. The maximum Gasteiger partial charge on any atom is 0.217 e. The molecule has 6 rings (SSSR count). The van der Waals surface area contributed by atoms with E-state index in [2.05, 4.69) is 86.3 Å². The van der Waals surface area contributed by atoms with Crippen LogP contribution in [0.4, 0.5) is 5.69 Å². The van der Waals surface area contributed by atoms with Gasteiger partial charge in [0.05, 0.1) is 20.2 Å². The summed E-state index contributed by atoms with van der Waals surface area (Å²) in [5, 5.41) is 5.17. The van der Waals surface area contributed by atoms with Crippen LogP contribution in [0.2, 0.25) is 19.6 Å². The molecule has 0 bridgehead atoms. The molecule has 192 valence electrons. The minimum Gasteiger partial charge on any atom is -0.456 e. The molecule has 1 fully saturated rings. The van der Waals surface area contributed by atoms with Gasteiger partial charge in [-0.2, -0.15) is 4.57 Å². The highest BCUT2D eigenvalue weighted by molar-refractivity contribution is 6.88. The second-order valence-corrected chi connectivity index (χ2v) is 17.5. The van der Waals surface area contributed by atoms with Crippen LogP contribution >= 0.6 is 0 Å². The van der Waals surface area contributed by atoms with E-state index in [0.29, 0.717) is 11.6 Å². The third-order valence-electron chi connectivity index (χ3n) is 9.03. The Bertz CT molecular complexity index is 1810. The van der Waals surface area contributed by atoms with Crippen molar-refractivity contribution >= 4 is 51.8 Å². The molecular formula is C34H37N2OSi+. The van der Waals surface area contributed by atoms with Gasteiger partial charge in [0, 0.05) is 28.3 Å². The molecule has 0 N–H and O–H groups in total. The van der Waals surface area contributed by atoms with Crippen molar-refractivity contribution in [1.29, 1.82) is 0 Å². The van der Waals surface area contributed by atoms with Crippen molar-refractivity contribution in [2.45, 2.75) is 72.0 Å². The van der Waals surface area contributed by atoms with Crippen LogP contribution in [0.25, 0.3) is 48.9 Å². The normalized spacial score (nSPS) is 14.7. The fraction of sp³-hybridized carbons (Fsp3) is 0.353. The monoisotopic (exact) mass is 517 g/mol. The first kappa shape index (κ1) is 24.9. The van der Waals surface area contributed by atoms with Gasteiger partial charge >= 0.3 is 0 Å². The Morgan fingerprint density at radius 2 is 1.61 bits per heavy atom. The minimum absolute atomic E-state index is 0.606. The van der Waals surface area contributed by atoms with Crippen LogP contribution in [0.5, 0.6) is 0 Å². The van der Waals surface area contributed by atoms with Crippen LogP contribution in [0.15, 0.2) is 46.9 Å². The van der Waals surface area contributed by atoms with Crippen molar-refractivity contribution in [2.24, 2.45) is 7.05 Å². The SMILES string of the molecule is [C-]#[N+]c1ccc2c(oc3c(-c4cc(C5CCCC5)c5cc([Si](C)(C)C)ccc5[n+]4C)c(C)c(C)cc32)c1C. The minimum atomic E-state index is -1.44. The highest BCUT2D eigenvalue weighted by Gasteiger charge is 2.30. The molecule has 5 aromatic rings. The first-order valence-electron chi connectivity index (χ1n) is 13.9. The summed E-state index contributed by atoms with van der Waals surface area (Å²) < 4.78 is 9.07. The zero-order valence-corrected chi connectivity index (χ0v) is 24.7. The third-order valence-corrected chi connectivity index (χ3v) is 11.1. The molecule has 2 heterocycles. The maximum atomic E-state index is 7.59. The van der Waals surface area contributed by atoms with E-state index in [1.54, 1.807) is 0 Å². The zero-order valence-electron chi connectivity index (χ0n) is 23.7. The summed E-state index contributed by atoms with van der Waals surface area (Å²) >= 11 is 0. The standard InChI is InChI=1S/C34H37N2OSi/c1-20-17-28-25-14-15-29(35-4)22(3)33(25)37-34(28)32(21(20)2)31-19-26(23-11-9-10-12-23)27-18-24(38(6,7)8)13-16-30(27)36(31)5/h13-19,23H,9-12H2,1-3,5-8H3/q+1. The predicted octanol–water partition coefficient (Wildman–Crippen LogP) is 8.91. The Balaban J connectivity index is 1.72. The number of aryl methyl sites for hydroxylation is 3. The number of hydrogen-bond acceptors (Lipinski definition) is 1. The Morgan fingerprint density at radius 3 is 2.29 bits per heavy atom. The summed E-state index contributed by atoms with van der Waals surface area (Å²) in [6.45, 7) is 21.3. The molecule has 2 aromatic heterocycles. The molecule has 0 aliphatic heterocycles.